The van der Waals surface area contributed by atoms with Crippen LogP contribution in [0.4, 0.5) is 5.69 Å². The number of amides is 1. The number of fused-ring (bicyclic) bond motifs is 1. The van der Waals surface area contributed by atoms with Crippen LogP contribution in [0, 0.1) is 6.07 Å². The maximum atomic E-state index is 11.5. The minimum atomic E-state index is -0.246. The number of benzene rings is 1. The number of carbonyl (C=O) groups excluding carboxylic acids is 1. The van der Waals surface area contributed by atoms with Gasteiger partial charge in [-0.2, -0.15) is 0 Å². The van der Waals surface area contributed by atoms with Gasteiger partial charge in [-0.05, 0) is 43.1 Å². The van der Waals surface area contributed by atoms with Crippen LogP contribution in [0.15, 0.2) is 12.1 Å². The lowest BCUT2D eigenvalue weighted by Crippen LogP contribution is -2.43. The van der Waals surface area contributed by atoms with Crippen LogP contribution in [0.2, 0.25) is 0 Å². The van der Waals surface area contributed by atoms with E-state index in [1.807, 2.05) is 37.0 Å². The van der Waals surface area contributed by atoms with Crippen molar-refractivity contribution in [3.05, 3.63) is 29.3 Å². The van der Waals surface area contributed by atoms with E-state index in [1.54, 1.807) is 0 Å². The third-order valence-corrected chi connectivity index (χ3v) is 3.61. The Hall–Kier alpha value is -1.55. The Labute approximate surface area is 108 Å². The Morgan fingerprint density at radius 1 is 1.50 bits per heavy atom. The molecule has 1 atom stereocenters. The Bertz CT molecular complexity index is 456. The zero-order chi connectivity index (χ0) is 13.3. The molecular weight excluding hydrogens is 226 g/mol. The van der Waals surface area contributed by atoms with Crippen LogP contribution in [0.3, 0.4) is 0 Å². The summed E-state index contributed by atoms with van der Waals surface area (Å²) in [5.41, 5.74) is 9.01. The maximum Gasteiger partial charge on any atom is 0.235 e. The van der Waals surface area contributed by atoms with Crippen molar-refractivity contribution in [3.8, 4) is 0 Å². The molecule has 0 saturated carbocycles. The van der Waals surface area contributed by atoms with E-state index in [9.17, 15) is 4.79 Å². The fourth-order valence-electron chi connectivity index (χ4n) is 2.37. The molecule has 0 aliphatic carbocycles. The van der Waals surface area contributed by atoms with Gasteiger partial charge in [-0.1, -0.05) is 0 Å². The number of likely N-dealkylation sites (N-methyl/N-ethyl adjacent to an activating group) is 1. The molecule has 1 heterocycles. The van der Waals surface area contributed by atoms with Gasteiger partial charge in [0.15, 0.2) is 0 Å². The molecule has 4 nitrogen and oxygen atoms in total. The average molecular weight is 246 g/mol. The second kappa shape index (κ2) is 4.98. The second-order valence-corrected chi connectivity index (χ2v) is 5.12. The lowest BCUT2D eigenvalue weighted by molar-refractivity contribution is -0.122. The van der Waals surface area contributed by atoms with E-state index in [0.717, 1.165) is 18.7 Å². The first-order valence-corrected chi connectivity index (χ1v) is 6.19. The molecule has 18 heavy (non-hydrogen) atoms. The molecule has 1 aromatic carbocycles. The number of anilines is 1. The van der Waals surface area contributed by atoms with Crippen molar-refractivity contribution < 1.29 is 4.79 Å². The summed E-state index contributed by atoms with van der Waals surface area (Å²) in [7, 11) is 5.94. The van der Waals surface area contributed by atoms with Crippen LogP contribution in [0.5, 0.6) is 0 Å². The van der Waals surface area contributed by atoms with Gasteiger partial charge >= 0.3 is 0 Å². The number of hydrogen-bond acceptors (Lipinski definition) is 3. The van der Waals surface area contributed by atoms with Crippen molar-refractivity contribution in [2.24, 2.45) is 5.73 Å². The van der Waals surface area contributed by atoms with E-state index < -0.39 is 0 Å². The van der Waals surface area contributed by atoms with Gasteiger partial charge in [0.2, 0.25) is 5.91 Å². The molecule has 1 aliphatic rings. The molecule has 97 valence electrons. The Balaban J connectivity index is 2.35. The van der Waals surface area contributed by atoms with Crippen LogP contribution < -0.4 is 10.6 Å². The molecule has 2 rings (SSSR count). The van der Waals surface area contributed by atoms with Crippen LogP contribution in [-0.4, -0.2) is 44.5 Å². The van der Waals surface area contributed by atoms with Gasteiger partial charge in [0.1, 0.15) is 0 Å². The number of hydrogen-bond donors (Lipinski definition) is 1. The fourth-order valence-corrected chi connectivity index (χ4v) is 2.37. The lowest BCUT2D eigenvalue weighted by atomic mass is 9.99. The van der Waals surface area contributed by atoms with Gasteiger partial charge < -0.3 is 10.6 Å². The third kappa shape index (κ3) is 2.48. The summed E-state index contributed by atoms with van der Waals surface area (Å²) in [6.07, 6.45) is 1.64. The predicted molar refractivity (Wildman–Crippen MR) is 72.6 cm³/mol. The first kappa shape index (κ1) is 12.9. The molecule has 0 bridgehead atoms. The summed E-state index contributed by atoms with van der Waals surface area (Å²) in [4.78, 5) is 15.6. The van der Waals surface area contributed by atoms with Crippen LogP contribution in [-0.2, 0) is 17.6 Å². The Morgan fingerprint density at radius 2 is 2.22 bits per heavy atom. The zero-order valence-electron chi connectivity index (χ0n) is 11.2. The molecule has 0 spiro atoms. The first-order valence-electron chi connectivity index (χ1n) is 6.19. The summed E-state index contributed by atoms with van der Waals surface area (Å²) in [5, 5.41) is 0. The number of carbonyl (C=O) groups is 1. The average Bonchev–Trinajstić information content (AvgIpc) is 2.48. The minimum absolute atomic E-state index is 0.205. The summed E-state index contributed by atoms with van der Waals surface area (Å²) >= 11 is 0. The van der Waals surface area contributed by atoms with Gasteiger partial charge in [0.25, 0.3) is 0 Å². The lowest BCUT2D eigenvalue weighted by Gasteiger charge is -2.22. The van der Waals surface area contributed by atoms with E-state index in [-0.39, 0.29) is 11.9 Å². The van der Waals surface area contributed by atoms with Gasteiger partial charge in [0, 0.05) is 32.4 Å². The molecule has 0 saturated heterocycles. The highest BCUT2D eigenvalue weighted by molar-refractivity contribution is 5.80. The number of nitrogens with zero attached hydrogens (tertiary/aromatic N) is 2. The summed E-state index contributed by atoms with van der Waals surface area (Å²) in [6, 6.07) is 7.23. The monoisotopic (exact) mass is 246 g/mol. The summed E-state index contributed by atoms with van der Waals surface area (Å²) in [5.74, 6) is -0.246. The SMILES string of the molecule is CN(C)c1[c]cc2c(c1)CC(C(N)=O)N(C)CC2. The third-order valence-electron chi connectivity index (χ3n) is 3.61. The summed E-state index contributed by atoms with van der Waals surface area (Å²) < 4.78 is 0. The van der Waals surface area contributed by atoms with Gasteiger partial charge in [-0.25, -0.2) is 0 Å². The molecular formula is C14H20N3O. The van der Waals surface area contributed by atoms with Crippen LogP contribution in [0.25, 0.3) is 0 Å². The number of nitrogens with two attached hydrogens (primary N) is 1. The molecule has 1 aromatic rings. The first-order chi connectivity index (χ1) is 8.49. The van der Waals surface area contributed by atoms with Crippen molar-refractivity contribution in [1.29, 1.82) is 0 Å². The Kier molecular flexibility index (Phi) is 3.57. The zero-order valence-corrected chi connectivity index (χ0v) is 11.2. The molecule has 1 aliphatic heterocycles. The molecule has 1 unspecified atom stereocenters. The maximum absolute atomic E-state index is 11.5. The highest BCUT2D eigenvalue weighted by atomic mass is 16.1. The Morgan fingerprint density at radius 3 is 2.83 bits per heavy atom. The summed E-state index contributed by atoms with van der Waals surface area (Å²) in [6.45, 7) is 0.857. The van der Waals surface area contributed by atoms with Gasteiger partial charge in [-0.3, -0.25) is 9.69 Å². The van der Waals surface area contributed by atoms with E-state index in [4.69, 9.17) is 5.73 Å². The van der Waals surface area contributed by atoms with E-state index in [2.05, 4.69) is 12.1 Å². The second-order valence-electron chi connectivity index (χ2n) is 5.12. The smallest absolute Gasteiger partial charge is 0.235 e. The van der Waals surface area contributed by atoms with E-state index in [1.165, 1.54) is 11.1 Å². The standard InChI is InChI=1S/C14H20N3O/c1-16(2)12-5-4-10-6-7-17(3)13(14(15)18)9-11(10)8-12/h4,8,13H,6-7,9H2,1-3H3,(H2,15,18). The largest absolute Gasteiger partial charge is 0.377 e. The topological polar surface area (TPSA) is 49.6 Å². The molecule has 4 heteroatoms. The highest BCUT2D eigenvalue weighted by Gasteiger charge is 2.25. The molecule has 1 amide bonds. The van der Waals surface area contributed by atoms with E-state index >= 15 is 0 Å². The molecule has 2 N–H and O–H groups in total. The van der Waals surface area contributed by atoms with Crippen LogP contribution >= 0.6 is 0 Å². The van der Waals surface area contributed by atoms with Gasteiger partial charge in [-0.15, -0.1) is 0 Å². The predicted octanol–water partition coefficient (Wildman–Crippen LogP) is 0.437. The number of primary amides is 1. The van der Waals surface area contributed by atoms with E-state index in [0.29, 0.717) is 6.42 Å². The van der Waals surface area contributed by atoms with Gasteiger partial charge in [0.05, 0.1) is 6.04 Å². The fraction of sp³-hybridized carbons (Fsp3) is 0.500. The number of rotatable bonds is 2. The highest BCUT2D eigenvalue weighted by Crippen LogP contribution is 2.23. The molecule has 0 fully saturated rings. The molecule has 1 radical (unpaired) electrons. The van der Waals surface area contributed by atoms with Crippen molar-refractivity contribution in [2.75, 3.05) is 32.6 Å². The van der Waals surface area contributed by atoms with Crippen LogP contribution in [0.1, 0.15) is 11.1 Å². The van der Waals surface area contributed by atoms with Crippen molar-refractivity contribution in [2.45, 2.75) is 18.9 Å². The van der Waals surface area contributed by atoms with Crippen molar-refractivity contribution >= 4 is 11.6 Å². The van der Waals surface area contributed by atoms with Crippen molar-refractivity contribution in [1.82, 2.24) is 4.90 Å². The quantitative estimate of drug-likeness (QED) is 0.823. The molecule has 0 aromatic heterocycles. The minimum Gasteiger partial charge on any atom is -0.377 e. The normalized spacial score (nSPS) is 20.1. The van der Waals surface area contributed by atoms with Crippen molar-refractivity contribution in [3.63, 3.8) is 0 Å².